The molecule has 2 aromatic rings. The van der Waals surface area contributed by atoms with E-state index in [4.69, 9.17) is 11.3 Å². The van der Waals surface area contributed by atoms with Crippen LogP contribution in [0.5, 0.6) is 0 Å². The molecule has 3 rings (SSSR count). The summed E-state index contributed by atoms with van der Waals surface area (Å²) in [6.07, 6.45) is 3.39. The Morgan fingerprint density at radius 1 is 1.53 bits per heavy atom. The first kappa shape index (κ1) is 10.8. The van der Waals surface area contributed by atoms with Crippen LogP contribution < -0.4 is 11.3 Å². The van der Waals surface area contributed by atoms with Gasteiger partial charge in [0.1, 0.15) is 10.7 Å². The third-order valence-corrected chi connectivity index (χ3v) is 4.73. The third-order valence-electron chi connectivity index (χ3n) is 3.58. The lowest BCUT2D eigenvalue weighted by atomic mass is 9.89. The van der Waals surface area contributed by atoms with Gasteiger partial charge in [0, 0.05) is 4.88 Å². The standard InChI is InChI=1S/C12H16N4S/c1-6-3-4-8-9(5-6)17-12-10(8)11(13)16(14)7(2)15-12/h6,13H,3-5,14H2,1-2H3. The second kappa shape index (κ2) is 3.57. The summed E-state index contributed by atoms with van der Waals surface area (Å²) < 4.78 is 1.38. The summed E-state index contributed by atoms with van der Waals surface area (Å²) in [6.45, 7) is 4.13. The summed E-state index contributed by atoms with van der Waals surface area (Å²) >= 11 is 1.74. The van der Waals surface area contributed by atoms with Crippen LogP contribution in [0.1, 0.15) is 29.6 Å². The molecule has 0 saturated heterocycles. The molecule has 90 valence electrons. The molecule has 0 radical (unpaired) electrons. The Labute approximate surface area is 104 Å². The molecule has 0 spiro atoms. The Morgan fingerprint density at radius 3 is 3.06 bits per heavy atom. The van der Waals surface area contributed by atoms with Crippen LogP contribution in [0.15, 0.2) is 0 Å². The number of hydrogen-bond donors (Lipinski definition) is 2. The predicted octanol–water partition coefficient (Wildman–Crippen LogP) is 1.72. The van der Waals surface area contributed by atoms with E-state index in [-0.39, 0.29) is 0 Å². The molecule has 17 heavy (non-hydrogen) atoms. The lowest BCUT2D eigenvalue weighted by Crippen LogP contribution is -2.30. The van der Waals surface area contributed by atoms with Crippen LogP contribution in [0.4, 0.5) is 0 Å². The van der Waals surface area contributed by atoms with Gasteiger partial charge in [-0.15, -0.1) is 11.3 Å². The van der Waals surface area contributed by atoms with Crippen LogP contribution in [0.25, 0.3) is 10.2 Å². The third kappa shape index (κ3) is 1.49. The van der Waals surface area contributed by atoms with Gasteiger partial charge in [0.2, 0.25) is 0 Å². The Bertz CT molecular complexity index is 653. The van der Waals surface area contributed by atoms with E-state index in [0.717, 1.165) is 29.0 Å². The molecule has 3 N–H and O–H groups in total. The van der Waals surface area contributed by atoms with Gasteiger partial charge in [0.25, 0.3) is 0 Å². The normalized spacial score (nSPS) is 19.5. The molecule has 0 amide bonds. The SMILES string of the molecule is Cc1nc2sc3c(c2c(=N)n1N)CCC(C)C3. The maximum absolute atomic E-state index is 8.14. The summed E-state index contributed by atoms with van der Waals surface area (Å²) in [5, 5.41) is 9.12. The van der Waals surface area contributed by atoms with Gasteiger partial charge in [0.15, 0.2) is 5.49 Å². The number of rotatable bonds is 0. The maximum Gasteiger partial charge on any atom is 0.155 e. The molecule has 1 aliphatic rings. The topological polar surface area (TPSA) is 67.7 Å². The van der Waals surface area contributed by atoms with Crippen molar-refractivity contribution in [2.75, 3.05) is 5.84 Å². The van der Waals surface area contributed by atoms with Crippen molar-refractivity contribution in [3.05, 3.63) is 21.8 Å². The Hall–Kier alpha value is -1.36. The highest BCUT2D eigenvalue weighted by molar-refractivity contribution is 7.18. The molecule has 4 nitrogen and oxygen atoms in total. The summed E-state index contributed by atoms with van der Waals surface area (Å²) in [5.74, 6) is 7.29. The van der Waals surface area contributed by atoms with Crippen molar-refractivity contribution in [1.82, 2.24) is 9.66 Å². The minimum Gasteiger partial charge on any atom is -0.336 e. The summed E-state index contributed by atoms with van der Waals surface area (Å²) in [7, 11) is 0. The monoisotopic (exact) mass is 248 g/mol. The summed E-state index contributed by atoms with van der Waals surface area (Å²) in [6, 6.07) is 0. The summed E-state index contributed by atoms with van der Waals surface area (Å²) in [5.41, 5.74) is 1.72. The molecule has 1 aliphatic carbocycles. The van der Waals surface area contributed by atoms with Crippen molar-refractivity contribution in [1.29, 1.82) is 5.41 Å². The van der Waals surface area contributed by atoms with E-state index in [1.807, 2.05) is 6.92 Å². The van der Waals surface area contributed by atoms with Gasteiger partial charge in [-0.05, 0) is 37.7 Å². The number of hydrogen-bond acceptors (Lipinski definition) is 4. The molecule has 0 aliphatic heterocycles. The molecule has 1 atom stereocenters. The fourth-order valence-electron chi connectivity index (χ4n) is 2.54. The van der Waals surface area contributed by atoms with Crippen molar-refractivity contribution in [2.45, 2.75) is 33.1 Å². The van der Waals surface area contributed by atoms with E-state index in [2.05, 4.69) is 11.9 Å². The highest BCUT2D eigenvalue weighted by Gasteiger charge is 2.22. The van der Waals surface area contributed by atoms with E-state index in [1.54, 1.807) is 11.3 Å². The average molecular weight is 248 g/mol. The first-order chi connectivity index (χ1) is 8.08. The average Bonchev–Trinajstić information content (AvgIpc) is 2.63. The fraction of sp³-hybridized carbons (Fsp3) is 0.500. The van der Waals surface area contributed by atoms with Crippen LogP contribution in [-0.4, -0.2) is 9.66 Å². The molecule has 0 bridgehead atoms. The van der Waals surface area contributed by atoms with Gasteiger partial charge in [-0.3, -0.25) is 5.41 Å². The smallest absolute Gasteiger partial charge is 0.155 e. The molecular weight excluding hydrogens is 232 g/mol. The molecule has 0 fully saturated rings. The number of aromatic nitrogens is 2. The Balaban J connectivity index is 2.37. The minimum absolute atomic E-state index is 0.402. The molecule has 5 heteroatoms. The minimum atomic E-state index is 0.402. The van der Waals surface area contributed by atoms with Crippen LogP contribution in [-0.2, 0) is 12.8 Å². The van der Waals surface area contributed by atoms with Crippen LogP contribution >= 0.6 is 11.3 Å². The van der Waals surface area contributed by atoms with Gasteiger partial charge in [0.05, 0.1) is 5.39 Å². The van der Waals surface area contributed by atoms with Gasteiger partial charge < -0.3 is 5.84 Å². The van der Waals surface area contributed by atoms with Gasteiger partial charge in [-0.1, -0.05) is 6.92 Å². The lowest BCUT2D eigenvalue weighted by molar-refractivity contribution is 0.509. The van der Waals surface area contributed by atoms with Crippen molar-refractivity contribution >= 4 is 21.6 Å². The zero-order chi connectivity index (χ0) is 12.2. The number of nitrogen functional groups attached to an aromatic ring is 1. The van der Waals surface area contributed by atoms with Crippen LogP contribution in [0.3, 0.4) is 0 Å². The zero-order valence-corrected chi connectivity index (χ0v) is 10.9. The zero-order valence-electron chi connectivity index (χ0n) is 10.1. The van der Waals surface area contributed by atoms with Crippen molar-refractivity contribution in [3.8, 4) is 0 Å². The van der Waals surface area contributed by atoms with E-state index in [0.29, 0.717) is 11.3 Å². The second-order valence-corrected chi connectivity index (χ2v) is 5.99. The summed E-state index contributed by atoms with van der Waals surface area (Å²) in [4.78, 5) is 6.89. The first-order valence-electron chi connectivity index (χ1n) is 5.91. The highest BCUT2D eigenvalue weighted by Crippen LogP contribution is 2.35. The number of nitrogens with one attached hydrogen (secondary N) is 1. The number of aryl methyl sites for hydroxylation is 2. The lowest BCUT2D eigenvalue weighted by Gasteiger charge is -2.17. The number of nitrogens with zero attached hydrogens (tertiary/aromatic N) is 2. The van der Waals surface area contributed by atoms with E-state index in [9.17, 15) is 0 Å². The van der Waals surface area contributed by atoms with Crippen LogP contribution in [0, 0.1) is 18.3 Å². The van der Waals surface area contributed by atoms with E-state index >= 15 is 0 Å². The van der Waals surface area contributed by atoms with Crippen molar-refractivity contribution in [3.63, 3.8) is 0 Å². The second-order valence-electron chi connectivity index (χ2n) is 4.91. The van der Waals surface area contributed by atoms with E-state index < -0.39 is 0 Å². The fourth-order valence-corrected chi connectivity index (χ4v) is 3.97. The number of thiophene rings is 1. The van der Waals surface area contributed by atoms with E-state index in [1.165, 1.54) is 21.5 Å². The molecule has 0 saturated carbocycles. The molecule has 1 unspecified atom stereocenters. The van der Waals surface area contributed by atoms with Crippen molar-refractivity contribution in [2.24, 2.45) is 5.92 Å². The predicted molar refractivity (Wildman–Crippen MR) is 69.5 cm³/mol. The van der Waals surface area contributed by atoms with Gasteiger partial charge in [-0.2, -0.15) is 0 Å². The molecule has 0 aromatic carbocycles. The van der Waals surface area contributed by atoms with Crippen LogP contribution in [0.2, 0.25) is 0 Å². The van der Waals surface area contributed by atoms with Gasteiger partial charge in [-0.25, -0.2) is 9.66 Å². The highest BCUT2D eigenvalue weighted by atomic mass is 32.1. The Morgan fingerprint density at radius 2 is 2.29 bits per heavy atom. The first-order valence-corrected chi connectivity index (χ1v) is 6.73. The molecule has 2 heterocycles. The van der Waals surface area contributed by atoms with Crippen molar-refractivity contribution < 1.29 is 0 Å². The molecule has 2 aromatic heterocycles. The number of fused-ring (bicyclic) bond motifs is 3. The van der Waals surface area contributed by atoms with Gasteiger partial charge >= 0.3 is 0 Å². The quantitative estimate of drug-likeness (QED) is 0.697. The maximum atomic E-state index is 8.14. The largest absolute Gasteiger partial charge is 0.336 e. The Kier molecular flexibility index (Phi) is 2.26. The molecular formula is C12H16N4S. The number of nitrogens with two attached hydrogens (primary N) is 1.